The summed E-state index contributed by atoms with van der Waals surface area (Å²) < 4.78 is 2.79. The zero-order valence-electron chi connectivity index (χ0n) is 45.5. The number of thiophene rings is 1. The van der Waals surface area contributed by atoms with Crippen molar-refractivity contribution in [1.29, 1.82) is 0 Å². The Bertz CT molecular complexity index is 3500. The highest BCUT2D eigenvalue weighted by Crippen LogP contribution is 2.56. The molecule has 0 saturated carbocycles. The zero-order chi connectivity index (χ0) is 50.7. The molecule has 0 bridgehead atoms. The number of hydrogen-bond acceptors (Lipinski definition) is 3. The van der Waals surface area contributed by atoms with Gasteiger partial charge in [0, 0.05) is 43.1 Å². The summed E-state index contributed by atoms with van der Waals surface area (Å²) in [5, 5.41) is 1.36. The third-order valence-electron chi connectivity index (χ3n) is 17.9. The second-order valence-electron chi connectivity index (χ2n) is 26.7. The van der Waals surface area contributed by atoms with Crippen molar-refractivity contribution in [2.45, 2.75) is 155 Å². The summed E-state index contributed by atoms with van der Waals surface area (Å²) in [7, 11) is 0. The molecule has 72 heavy (non-hydrogen) atoms. The fraction of sp³-hybridized carbons (Fsp3) is 0.353. The van der Waals surface area contributed by atoms with Gasteiger partial charge in [0.05, 0.1) is 11.4 Å². The normalized spacial score (nSPS) is 18.0. The Kier molecular flexibility index (Phi) is 10.4. The summed E-state index contributed by atoms with van der Waals surface area (Å²) in [6.45, 7) is 33.8. The average Bonchev–Trinajstić information content (AvgIpc) is 3.72. The SMILES string of the molecule is CC(C)(C)c1ccc2c(c1)-c1cc(-c3ccccc3)cc3c1B(c1sc4cc5c(cc4c1N3c1ccc(C(C)(C)C)cc1-c1ccccc1)C(C)(C)CCC5(C)C)N2c1ccc2c(c1)C(C)(C)CCC2(C)C. The van der Waals surface area contributed by atoms with Crippen molar-refractivity contribution < 1.29 is 0 Å². The second-order valence-corrected chi connectivity index (χ2v) is 27.8. The van der Waals surface area contributed by atoms with E-state index in [-0.39, 0.29) is 39.3 Å². The highest BCUT2D eigenvalue weighted by atomic mass is 32.1. The fourth-order valence-corrected chi connectivity index (χ4v) is 14.4. The van der Waals surface area contributed by atoms with Crippen molar-refractivity contribution in [3.05, 3.63) is 173 Å². The Hall–Kier alpha value is -5.84. The molecule has 7 aromatic carbocycles. The summed E-state index contributed by atoms with van der Waals surface area (Å²) in [5.41, 5.74) is 24.2. The Morgan fingerprint density at radius 2 is 0.972 bits per heavy atom. The molecule has 4 heteroatoms. The van der Waals surface area contributed by atoms with E-state index in [1.54, 1.807) is 0 Å². The highest BCUT2D eigenvalue weighted by molar-refractivity contribution is 7.32. The molecule has 8 aromatic rings. The minimum Gasteiger partial charge on any atom is -0.376 e. The van der Waals surface area contributed by atoms with E-state index < -0.39 is 0 Å². The van der Waals surface area contributed by atoms with Crippen molar-refractivity contribution in [2.24, 2.45) is 0 Å². The first-order valence-corrected chi connectivity index (χ1v) is 27.7. The van der Waals surface area contributed by atoms with Gasteiger partial charge in [-0.05, 0) is 180 Å². The third-order valence-corrected chi connectivity index (χ3v) is 19.1. The molecule has 4 aliphatic rings. The number of anilines is 5. The first kappa shape index (κ1) is 47.2. The van der Waals surface area contributed by atoms with Crippen LogP contribution in [-0.2, 0) is 32.5 Å². The third kappa shape index (κ3) is 7.31. The first-order valence-electron chi connectivity index (χ1n) is 26.9. The first-order chi connectivity index (χ1) is 33.9. The van der Waals surface area contributed by atoms with Crippen LogP contribution < -0.4 is 20.0 Å². The predicted octanol–water partition coefficient (Wildman–Crippen LogP) is 18.2. The van der Waals surface area contributed by atoms with Crippen LogP contribution in [-0.4, -0.2) is 6.85 Å². The maximum atomic E-state index is 2.79. The van der Waals surface area contributed by atoms with Gasteiger partial charge in [-0.15, -0.1) is 11.3 Å². The molecule has 0 spiro atoms. The standard InChI is InChI=1S/C68H73BN2S/c1-63(2,3)45-25-29-56(48(37-45)43-23-19-16-20-24-43)70-58-36-44(42-21-17-15-18-22-42)35-50-49-38-46(64(4,5)6)26-30-57(49)71(47-27-28-52-53(39-47)66(9,10)32-31-65(52,7)8)69(60(50)58)62-61(70)51-40-54-55(41-59(51)72-62)68(13,14)34-33-67(54,11)12/h15-30,35-41H,31-34H2,1-14H3. The molecular weight excluding hydrogens is 888 g/mol. The van der Waals surface area contributed by atoms with Crippen LogP contribution in [0.25, 0.3) is 43.5 Å². The molecule has 0 fully saturated rings. The molecule has 2 aliphatic carbocycles. The molecule has 364 valence electrons. The lowest BCUT2D eigenvalue weighted by atomic mass is 9.46. The van der Waals surface area contributed by atoms with E-state index in [1.165, 1.54) is 141 Å². The molecular formula is C68H73BN2S. The van der Waals surface area contributed by atoms with Crippen LogP contribution >= 0.6 is 11.3 Å². The number of rotatable bonds is 4. The van der Waals surface area contributed by atoms with Crippen LogP contribution in [0.1, 0.15) is 156 Å². The molecule has 0 unspecified atom stereocenters. The van der Waals surface area contributed by atoms with Crippen LogP contribution in [0.3, 0.4) is 0 Å². The number of fused-ring (bicyclic) bond motifs is 8. The van der Waals surface area contributed by atoms with Crippen molar-refractivity contribution in [2.75, 3.05) is 9.71 Å². The molecule has 12 rings (SSSR count). The van der Waals surface area contributed by atoms with Gasteiger partial charge in [0.1, 0.15) is 0 Å². The molecule has 0 atom stereocenters. The molecule has 0 amide bonds. The van der Waals surface area contributed by atoms with Crippen LogP contribution in [0.5, 0.6) is 0 Å². The number of benzene rings is 7. The Balaban J connectivity index is 1.26. The van der Waals surface area contributed by atoms with E-state index in [2.05, 4.69) is 246 Å². The molecule has 0 radical (unpaired) electrons. The molecule has 1 aromatic heterocycles. The van der Waals surface area contributed by atoms with Crippen LogP contribution in [0.4, 0.5) is 28.4 Å². The molecule has 0 saturated heterocycles. The van der Waals surface area contributed by atoms with Gasteiger partial charge in [-0.3, -0.25) is 0 Å². The van der Waals surface area contributed by atoms with Gasteiger partial charge in [-0.2, -0.15) is 0 Å². The van der Waals surface area contributed by atoms with E-state index in [4.69, 9.17) is 0 Å². The maximum absolute atomic E-state index is 2.79. The van der Waals surface area contributed by atoms with Gasteiger partial charge in [-0.1, -0.05) is 176 Å². The quantitative estimate of drug-likeness (QED) is 0.162. The van der Waals surface area contributed by atoms with Gasteiger partial charge in [0.25, 0.3) is 0 Å². The lowest BCUT2D eigenvalue weighted by Gasteiger charge is -2.47. The van der Waals surface area contributed by atoms with Crippen molar-refractivity contribution >= 4 is 66.9 Å². The van der Waals surface area contributed by atoms with E-state index in [0.717, 1.165) is 0 Å². The monoisotopic (exact) mass is 961 g/mol. The highest BCUT2D eigenvalue weighted by Gasteiger charge is 2.49. The minimum absolute atomic E-state index is 0.0350. The van der Waals surface area contributed by atoms with Gasteiger partial charge in [-0.25, -0.2) is 0 Å². The Morgan fingerprint density at radius 1 is 0.444 bits per heavy atom. The number of hydrogen-bond donors (Lipinski definition) is 0. The van der Waals surface area contributed by atoms with Crippen molar-refractivity contribution in [1.82, 2.24) is 0 Å². The van der Waals surface area contributed by atoms with E-state index >= 15 is 0 Å². The van der Waals surface area contributed by atoms with Crippen LogP contribution in [0, 0.1) is 0 Å². The maximum Gasteiger partial charge on any atom is 0.343 e. The molecule has 2 aliphatic heterocycles. The summed E-state index contributed by atoms with van der Waals surface area (Å²) in [4.78, 5) is 5.53. The summed E-state index contributed by atoms with van der Waals surface area (Å²) in [6.07, 6.45) is 4.72. The fourth-order valence-electron chi connectivity index (χ4n) is 13.1. The summed E-state index contributed by atoms with van der Waals surface area (Å²) in [6, 6.07) is 55.1. The molecule has 3 heterocycles. The van der Waals surface area contributed by atoms with Gasteiger partial charge in [0.2, 0.25) is 0 Å². The Labute approximate surface area is 435 Å². The van der Waals surface area contributed by atoms with Crippen molar-refractivity contribution in [3.8, 4) is 33.4 Å². The topological polar surface area (TPSA) is 6.48 Å². The Morgan fingerprint density at radius 3 is 1.57 bits per heavy atom. The second kappa shape index (κ2) is 15.8. The van der Waals surface area contributed by atoms with Crippen molar-refractivity contribution in [3.63, 3.8) is 0 Å². The van der Waals surface area contributed by atoms with Gasteiger partial charge < -0.3 is 9.71 Å². The molecule has 2 nitrogen and oxygen atoms in total. The lowest BCUT2D eigenvalue weighted by molar-refractivity contribution is 0.332. The lowest BCUT2D eigenvalue weighted by Crippen LogP contribution is -2.60. The predicted molar refractivity (Wildman–Crippen MR) is 314 cm³/mol. The van der Waals surface area contributed by atoms with Crippen LogP contribution in [0.15, 0.2) is 140 Å². The average molecular weight is 961 g/mol. The number of nitrogens with zero attached hydrogens (tertiary/aromatic N) is 2. The van der Waals surface area contributed by atoms with E-state index in [9.17, 15) is 0 Å². The zero-order valence-corrected chi connectivity index (χ0v) is 46.3. The van der Waals surface area contributed by atoms with Gasteiger partial charge in [0.15, 0.2) is 0 Å². The largest absolute Gasteiger partial charge is 0.376 e. The van der Waals surface area contributed by atoms with E-state index in [1.807, 2.05) is 11.3 Å². The van der Waals surface area contributed by atoms with E-state index in [0.29, 0.717) is 0 Å². The molecule has 0 N–H and O–H groups in total. The summed E-state index contributed by atoms with van der Waals surface area (Å²) >= 11 is 2.05. The summed E-state index contributed by atoms with van der Waals surface area (Å²) in [5.74, 6) is 0. The van der Waals surface area contributed by atoms with Gasteiger partial charge >= 0.3 is 6.85 Å². The van der Waals surface area contributed by atoms with Crippen LogP contribution in [0.2, 0.25) is 0 Å². The minimum atomic E-state index is -0.0821. The smallest absolute Gasteiger partial charge is 0.343 e.